The van der Waals surface area contributed by atoms with E-state index < -0.39 is 11.4 Å². The second-order valence-electron chi connectivity index (χ2n) is 14.8. The zero-order valence-corrected chi connectivity index (χ0v) is 29.0. The Labute approximate surface area is 303 Å². The molecule has 6 heteroatoms. The van der Waals surface area contributed by atoms with E-state index in [2.05, 4.69) is 154 Å². The number of anilines is 3. The summed E-state index contributed by atoms with van der Waals surface area (Å²) in [5.41, 5.74) is 11.4. The molecule has 0 saturated heterocycles. The van der Waals surface area contributed by atoms with E-state index in [0.717, 1.165) is 66.5 Å². The van der Waals surface area contributed by atoms with Crippen LogP contribution in [0.5, 0.6) is 0 Å². The van der Waals surface area contributed by atoms with Crippen LogP contribution in [-0.2, 0) is 5.41 Å². The highest BCUT2D eigenvalue weighted by molar-refractivity contribution is 6.26. The quantitative estimate of drug-likeness (QED) is 0.170. The van der Waals surface area contributed by atoms with Crippen LogP contribution in [0.3, 0.4) is 0 Å². The van der Waals surface area contributed by atoms with Gasteiger partial charge in [-0.1, -0.05) is 105 Å². The Morgan fingerprint density at radius 1 is 0.547 bits per heavy atom. The minimum atomic E-state index is -0.495. The zero-order valence-electron chi connectivity index (χ0n) is 29.0. The number of halogens is 1. The molecule has 5 nitrogen and oxygen atoms in total. The molecule has 1 aliphatic heterocycles. The highest BCUT2D eigenvalue weighted by Crippen LogP contribution is 2.54. The van der Waals surface area contributed by atoms with Gasteiger partial charge in [0.05, 0.1) is 50.4 Å². The van der Waals surface area contributed by atoms with Crippen LogP contribution in [0.1, 0.15) is 25.1 Å². The van der Waals surface area contributed by atoms with Crippen LogP contribution in [0.15, 0.2) is 146 Å². The first-order valence-corrected chi connectivity index (χ1v) is 18.0. The lowest BCUT2D eigenvalue weighted by Gasteiger charge is -2.34. The summed E-state index contributed by atoms with van der Waals surface area (Å²) in [6.45, 7) is 4.24. The Balaban J connectivity index is 1.22. The van der Waals surface area contributed by atoms with Crippen LogP contribution in [-0.4, -0.2) is 19.1 Å². The van der Waals surface area contributed by atoms with Gasteiger partial charge < -0.3 is 9.47 Å². The second kappa shape index (κ2) is 9.96. The number of benzene rings is 7. The molecule has 12 rings (SSSR count). The van der Waals surface area contributed by atoms with Crippen molar-refractivity contribution in [3.63, 3.8) is 0 Å². The van der Waals surface area contributed by atoms with E-state index in [1.165, 1.54) is 21.8 Å². The molecule has 0 bridgehead atoms. The third-order valence-corrected chi connectivity index (χ3v) is 11.7. The highest BCUT2D eigenvalue weighted by atomic mass is 19.1. The van der Waals surface area contributed by atoms with E-state index >= 15 is 4.39 Å². The van der Waals surface area contributed by atoms with Gasteiger partial charge in [0.15, 0.2) is 0 Å². The van der Waals surface area contributed by atoms with Crippen LogP contribution in [0.4, 0.5) is 21.5 Å². The van der Waals surface area contributed by atoms with Gasteiger partial charge in [-0.05, 0) is 71.1 Å². The summed E-state index contributed by atoms with van der Waals surface area (Å²) in [5.74, 6) is -0.155. The summed E-state index contributed by atoms with van der Waals surface area (Å²) in [6.07, 6.45) is 0. The first-order chi connectivity index (χ1) is 26.0. The van der Waals surface area contributed by atoms with E-state index in [1.54, 1.807) is 0 Å². The maximum atomic E-state index is 16.4. The van der Waals surface area contributed by atoms with Crippen molar-refractivity contribution in [2.75, 3.05) is 4.90 Å². The summed E-state index contributed by atoms with van der Waals surface area (Å²) in [6, 6.07) is 51.3. The molecule has 7 aromatic carbocycles. The van der Waals surface area contributed by atoms with Crippen LogP contribution < -0.4 is 4.90 Å². The summed E-state index contributed by atoms with van der Waals surface area (Å²) in [5, 5.41) is 6.72. The maximum Gasteiger partial charge on any atom is 0.237 e. The molecule has 2 aliphatic rings. The number of rotatable bonds is 2. The Kier molecular flexibility index (Phi) is 5.42. The topological polar surface area (TPSA) is 38.9 Å². The standard InChI is InChI=1S/C47H30FN5/c1-47(2)35-19-9-6-18-31(35)41-44(47)49-46(50-45(41)48)53-37-21-11-7-16-29(37)33-26-32-27(25-40(33)53)24-34-30-17-8-10-20-36(30)52-39-23-13-12-22-38(39)51(42(32)43(34)52)28-14-4-3-5-15-28/h3-26H,1-2H3. The first kappa shape index (κ1) is 28.9. The average molecular weight is 684 g/mol. The first-order valence-electron chi connectivity index (χ1n) is 18.0. The fourth-order valence-corrected chi connectivity index (χ4v) is 9.37. The van der Waals surface area contributed by atoms with E-state index in [1.807, 2.05) is 24.3 Å². The van der Waals surface area contributed by atoms with E-state index in [-0.39, 0.29) is 0 Å². The largest absolute Gasteiger partial charge is 0.306 e. The molecule has 0 saturated carbocycles. The van der Waals surface area contributed by atoms with Gasteiger partial charge in [-0.3, -0.25) is 4.57 Å². The number of nitrogens with zero attached hydrogens (tertiary/aromatic N) is 5. The molecule has 0 N–H and O–H groups in total. The molecule has 4 heterocycles. The van der Waals surface area contributed by atoms with Gasteiger partial charge in [-0.2, -0.15) is 9.37 Å². The average Bonchev–Trinajstić information content (AvgIpc) is 3.78. The van der Waals surface area contributed by atoms with Gasteiger partial charge in [-0.25, -0.2) is 4.98 Å². The normalized spacial score (nSPS) is 14.1. The fourth-order valence-electron chi connectivity index (χ4n) is 9.37. The van der Waals surface area contributed by atoms with Gasteiger partial charge in [0, 0.05) is 38.0 Å². The van der Waals surface area contributed by atoms with E-state index in [0.29, 0.717) is 17.2 Å². The molecule has 0 amide bonds. The second-order valence-corrected chi connectivity index (χ2v) is 14.8. The summed E-state index contributed by atoms with van der Waals surface area (Å²) < 4.78 is 20.9. The van der Waals surface area contributed by atoms with Crippen molar-refractivity contribution in [3.8, 4) is 22.8 Å². The molecule has 53 heavy (non-hydrogen) atoms. The molecular formula is C47H30FN5. The van der Waals surface area contributed by atoms with Crippen molar-refractivity contribution < 1.29 is 4.39 Å². The number of aromatic nitrogens is 4. The lowest BCUT2D eigenvalue weighted by molar-refractivity contribution is 0.565. The Morgan fingerprint density at radius 3 is 2.02 bits per heavy atom. The van der Waals surface area contributed by atoms with Crippen LogP contribution in [0.25, 0.3) is 77.1 Å². The van der Waals surface area contributed by atoms with E-state index in [4.69, 9.17) is 4.98 Å². The number of para-hydroxylation sites is 5. The minimum absolute atomic E-state index is 0.339. The monoisotopic (exact) mass is 683 g/mol. The van der Waals surface area contributed by atoms with Gasteiger partial charge in [-0.15, -0.1) is 0 Å². The van der Waals surface area contributed by atoms with Crippen LogP contribution >= 0.6 is 0 Å². The van der Waals surface area contributed by atoms with Gasteiger partial charge in [0.25, 0.3) is 0 Å². The molecule has 10 aromatic rings. The molecule has 0 fully saturated rings. The molecule has 0 radical (unpaired) electrons. The Hall–Kier alpha value is -6.79. The van der Waals surface area contributed by atoms with Crippen LogP contribution in [0.2, 0.25) is 0 Å². The summed E-state index contributed by atoms with van der Waals surface area (Å²) in [7, 11) is 0. The predicted octanol–water partition coefficient (Wildman–Crippen LogP) is 12.1. The molecular weight excluding hydrogens is 654 g/mol. The van der Waals surface area contributed by atoms with Crippen molar-refractivity contribution in [3.05, 3.63) is 163 Å². The van der Waals surface area contributed by atoms with Crippen molar-refractivity contribution in [2.45, 2.75) is 19.3 Å². The van der Waals surface area contributed by atoms with Crippen LogP contribution in [0, 0.1) is 5.95 Å². The summed E-state index contributed by atoms with van der Waals surface area (Å²) in [4.78, 5) is 12.3. The number of fused-ring (bicyclic) bond motifs is 13. The molecule has 0 spiro atoms. The maximum absolute atomic E-state index is 16.4. The Bertz CT molecular complexity index is 3230. The van der Waals surface area contributed by atoms with Gasteiger partial charge in [0.1, 0.15) is 0 Å². The van der Waals surface area contributed by atoms with Gasteiger partial charge in [0.2, 0.25) is 11.9 Å². The summed E-state index contributed by atoms with van der Waals surface area (Å²) >= 11 is 0. The van der Waals surface area contributed by atoms with Crippen molar-refractivity contribution in [2.24, 2.45) is 0 Å². The SMILES string of the molecule is CC1(C)c2ccccc2-c2c(F)nc(-n3c4ccccc4c4cc5c6c7c(cc5cc43)c3ccccc3n7-c3ccccc3N6c3ccccc3)nc21. The Morgan fingerprint density at radius 2 is 1.21 bits per heavy atom. The highest BCUT2D eigenvalue weighted by Gasteiger charge is 2.40. The van der Waals surface area contributed by atoms with Crippen molar-refractivity contribution in [1.29, 1.82) is 0 Å². The molecule has 0 atom stereocenters. The lowest BCUT2D eigenvalue weighted by Crippen LogP contribution is -2.19. The molecule has 0 unspecified atom stereocenters. The third kappa shape index (κ3) is 3.60. The molecule has 3 aromatic heterocycles. The fraction of sp³-hybridized carbons (Fsp3) is 0.0638. The smallest absolute Gasteiger partial charge is 0.237 e. The predicted molar refractivity (Wildman–Crippen MR) is 214 cm³/mol. The molecule has 250 valence electrons. The number of hydrogen-bond acceptors (Lipinski definition) is 3. The lowest BCUT2D eigenvalue weighted by atomic mass is 9.85. The van der Waals surface area contributed by atoms with Crippen molar-refractivity contribution >= 4 is 71.4 Å². The third-order valence-electron chi connectivity index (χ3n) is 11.7. The molecule has 1 aliphatic carbocycles. The van der Waals surface area contributed by atoms with Crippen molar-refractivity contribution in [1.82, 2.24) is 19.1 Å². The minimum Gasteiger partial charge on any atom is -0.306 e. The van der Waals surface area contributed by atoms with E-state index in [9.17, 15) is 0 Å². The zero-order chi connectivity index (χ0) is 35.2. The number of hydrogen-bond donors (Lipinski definition) is 0. The van der Waals surface area contributed by atoms with Gasteiger partial charge >= 0.3 is 0 Å².